The zero-order valence-corrected chi connectivity index (χ0v) is 8.10. The molecule has 0 fully saturated rings. The number of nitrogens with one attached hydrogen (secondary N) is 1. The maximum Gasteiger partial charge on any atom is 0.320 e. The lowest BCUT2D eigenvalue weighted by atomic mass is 10.1. The summed E-state index contributed by atoms with van der Waals surface area (Å²) < 4.78 is 0. The highest BCUT2D eigenvalue weighted by Crippen LogP contribution is 2.18. The van der Waals surface area contributed by atoms with Crippen LogP contribution in [0.2, 0.25) is 0 Å². The second-order valence-electron chi connectivity index (χ2n) is 3.51. The molecule has 0 aliphatic heterocycles. The molecule has 78 valence electrons. The summed E-state index contributed by atoms with van der Waals surface area (Å²) in [5.41, 5.74) is 7.43. The average Bonchev–Trinajstić information content (AvgIpc) is 2.62. The van der Waals surface area contributed by atoms with Gasteiger partial charge in [-0.15, -0.1) is 0 Å². The van der Waals surface area contributed by atoms with Gasteiger partial charge in [0, 0.05) is 23.5 Å². The van der Waals surface area contributed by atoms with Gasteiger partial charge in [0.25, 0.3) is 0 Å². The number of H-pyrrole nitrogens is 1. The SMILES string of the molecule is N[C@@H](Cc1c[nH]c2ccccc12)[14C](=O)O. The van der Waals surface area contributed by atoms with Crippen LogP contribution in [0.15, 0.2) is 30.5 Å². The molecule has 4 N–H and O–H groups in total. The number of nitrogens with two attached hydrogens (primary N) is 1. The number of aromatic amines is 1. The van der Waals surface area contributed by atoms with Gasteiger partial charge in [-0.2, -0.15) is 0 Å². The summed E-state index contributed by atoms with van der Waals surface area (Å²) in [6.45, 7) is 0. The Balaban J connectivity index is 2.32. The van der Waals surface area contributed by atoms with E-state index in [0.717, 1.165) is 16.5 Å². The second kappa shape index (κ2) is 3.74. The Labute approximate surface area is 86.7 Å². The van der Waals surface area contributed by atoms with Gasteiger partial charge in [-0.3, -0.25) is 4.79 Å². The fourth-order valence-corrected chi connectivity index (χ4v) is 1.62. The highest BCUT2D eigenvalue weighted by molar-refractivity contribution is 5.84. The first-order valence-electron chi connectivity index (χ1n) is 4.72. The third-order valence-electron chi connectivity index (χ3n) is 2.43. The molecule has 15 heavy (non-hydrogen) atoms. The number of aromatic nitrogens is 1. The lowest BCUT2D eigenvalue weighted by molar-refractivity contribution is -0.138. The Morgan fingerprint density at radius 3 is 2.93 bits per heavy atom. The molecular formula is C11H12N2O2. The van der Waals surface area contributed by atoms with Crippen molar-refractivity contribution in [1.29, 1.82) is 0 Å². The molecule has 2 aromatic rings. The summed E-state index contributed by atoms with van der Waals surface area (Å²) in [7, 11) is 0. The summed E-state index contributed by atoms with van der Waals surface area (Å²) in [4.78, 5) is 13.7. The van der Waals surface area contributed by atoms with Gasteiger partial charge in [-0.05, 0) is 11.6 Å². The molecule has 4 nitrogen and oxygen atoms in total. The van der Waals surface area contributed by atoms with Crippen molar-refractivity contribution in [2.75, 3.05) is 0 Å². The minimum absolute atomic E-state index is 0.347. The zero-order chi connectivity index (χ0) is 10.8. The van der Waals surface area contributed by atoms with E-state index in [4.69, 9.17) is 10.8 Å². The van der Waals surface area contributed by atoms with Crippen LogP contribution in [0.5, 0.6) is 0 Å². The molecule has 0 aliphatic rings. The van der Waals surface area contributed by atoms with Crippen molar-refractivity contribution in [1.82, 2.24) is 4.98 Å². The third-order valence-corrected chi connectivity index (χ3v) is 2.43. The van der Waals surface area contributed by atoms with E-state index < -0.39 is 12.0 Å². The number of benzene rings is 1. The molecule has 0 amide bonds. The minimum atomic E-state index is -0.972. The van der Waals surface area contributed by atoms with Gasteiger partial charge in [-0.1, -0.05) is 18.2 Å². The summed E-state index contributed by atoms with van der Waals surface area (Å²) in [6, 6.07) is 6.91. The van der Waals surface area contributed by atoms with Crippen molar-refractivity contribution < 1.29 is 9.90 Å². The van der Waals surface area contributed by atoms with Crippen LogP contribution in [0.4, 0.5) is 0 Å². The summed E-state index contributed by atoms with van der Waals surface area (Å²) in [5, 5.41) is 9.75. The number of carboxylic acid groups (broad SMARTS) is 1. The molecule has 1 aromatic heterocycles. The van der Waals surface area contributed by atoms with Gasteiger partial charge < -0.3 is 15.8 Å². The van der Waals surface area contributed by atoms with Crippen LogP contribution < -0.4 is 5.73 Å². The molecule has 4 heteroatoms. The van der Waals surface area contributed by atoms with E-state index in [1.165, 1.54) is 0 Å². The van der Waals surface area contributed by atoms with E-state index in [2.05, 4.69) is 4.98 Å². The van der Waals surface area contributed by atoms with Crippen LogP contribution in [-0.2, 0) is 11.2 Å². The first-order valence-corrected chi connectivity index (χ1v) is 4.72. The van der Waals surface area contributed by atoms with Gasteiger partial charge in [0.2, 0.25) is 0 Å². The maximum absolute atomic E-state index is 10.6. The van der Waals surface area contributed by atoms with E-state index in [9.17, 15) is 4.79 Å². The number of para-hydroxylation sites is 1. The van der Waals surface area contributed by atoms with Crippen molar-refractivity contribution in [3.05, 3.63) is 36.0 Å². The standard InChI is InChI=1S/C11H12N2O2/c12-9(11(14)15)5-7-6-13-10-4-2-1-3-8(7)10/h1-4,6,9,13H,5,12H2,(H,14,15)/t9-/m0/s1/i11+2. The molecule has 0 aliphatic carbocycles. The number of carbonyl (C=O) groups is 1. The van der Waals surface area contributed by atoms with Crippen molar-refractivity contribution in [2.24, 2.45) is 5.73 Å². The van der Waals surface area contributed by atoms with Gasteiger partial charge in [0.05, 0.1) is 0 Å². The van der Waals surface area contributed by atoms with E-state index in [1.807, 2.05) is 30.5 Å². The lowest BCUT2D eigenvalue weighted by Crippen LogP contribution is -2.32. The molecule has 0 spiro atoms. The number of hydrogen-bond donors (Lipinski definition) is 3. The predicted molar refractivity (Wildman–Crippen MR) is 57.6 cm³/mol. The van der Waals surface area contributed by atoms with Crippen LogP contribution in [0.25, 0.3) is 10.9 Å². The van der Waals surface area contributed by atoms with Crippen LogP contribution in [0.3, 0.4) is 0 Å². The highest BCUT2D eigenvalue weighted by Gasteiger charge is 2.14. The number of carboxylic acids is 1. The lowest BCUT2D eigenvalue weighted by Gasteiger charge is -2.04. The normalized spacial score (nSPS) is 12.9. The molecule has 2 rings (SSSR count). The van der Waals surface area contributed by atoms with Crippen LogP contribution in [0, 0.1) is 0 Å². The van der Waals surface area contributed by atoms with E-state index in [1.54, 1.807) is 0 Å². The topological polar surface area (TPSA) is 79.1 Å². The molecule has 1 aromatic carbocycles. The van der Waals surface area contributed by atoms with Crippen LogP contribution >= 0.6 is 0 Å². The molecule has 1 atom stereocenters. The molecular weight excluding hydrogens is 194 g/mol. The van der Waals surface area contributed by atoms with Gasteiger partial charge in [0.1, 0.15) is 6.04 Å². The highest BCUT2D eigenvalue weighted by atomic mass is 16.6. The maximum atomic E-state index is 10.6. The largest absolute Gasteiger partial charge is 0.480 e. The van der Waals surface area contributed by atoms with Crippen molar-refractivity contribution in [3.8, 4) is 0 Å². The molecule has 1 heterocycles. The predicted octanol–water partition coefficient (Wildman–Crippen LogP) is 1.12. The molecule has 0 saturated heterocycles. The van der Waals surface area contributed by atoms with Crippen LogP contribution in [0.1, 0.15) is 5.56 Å². The molecule has 0 radical (unpaired) electrons. The van der Waals surface area contributed by atoms with Gasteiger partial charge in [-0.25, -0.2) is 0 Å². The fourth-order valence-electron chi connectivity index (χ4n) is 1.62. The summed E-state index contributed by atoms with van der Waals surface area (Å²) in [6.07, 6.45) is 2.16. The molecule has 0 unspecified atom stereocenters. The Bertz CT molecular complexity index is 490. The zero-order valence-electron chi connectivity index (χ0n) is 8.10. The molecule has 0 bridgehead atoms. The monoisotopic (exact) mass is 206 g/mol. The first-order chi connectivity index (χ1) is 7.18. The Hall–Kier alpha value is -1.81. The third kappa shape index (κ3) is 1.85. The minimum Gasteiger partial charge on any atom is -0.480 e. The van der Waals surface area contributed by atoms with E-state index >= 15 is 0 Å². The summed E-state index contributed by atoms with van der Waals surface area (Å²) in [5.74, 6) is -0.972. The Morgan fingerprint density at radius 1 is 1.47 bits per heavy atom. The van der Waals surface area contributed by atoms with E-state index in [0.29, 0.717) is 6.42 Å². The van der Waals surface area contributed by atoms with Crippen molar-refractivity contribution in [2.45, 2.75) is 12.5 Å². The van der Waals surface area contributed by atoms with E-state index in [-0.39, 0.29) is 0 Å². The Kier molecular flexibility index (Phi) is 2.43. The smallest absolute Gasteiger partial charge is 0.320 e. The fraction of sp³-hybridized carbons (Fsp3) is 0.182. The number of aliphatic carboxylic acids is 1. The quantitative estimate of drug-likeness (QED) is 0.704. The molecule has 0 saturated carbocycles. The Morgan fingerprint density at radius 2 is 2.20 bits per heavy atom. The number of fused-ring (bicyclic) bond motifs is 1. The number of rotatable bonds is 3. The average molecular weight is 206 g/mol. The van der Waals surface area contributed by atoms with Crippen LogP contribution in [-0.4, -0.2) is 22.1 Å². The van der Waals surface area contributed by atoms with Gasteiger partial charge >= 0.3 is 5.97 Å². The summed E-state index contributed by atoms with van der Waals surface area (Å²) >= 11 is 0. The van der Waals surface area contributed by atoms with Crippen molar-refractivity contribution in [3.63, 3.8) is 0 Å². The number of hydrogen-bond acceptors (Lipinski definition) is 2. The second-order valence-corrected chi connectivity index (χ2v) is 3.51. The first kappa shape index (κ1) is 9.73. The van der Waals surface area contributed by atoms with Gasteiger partial charge in [0.15, 0.2) is 0 Å². The van der Waals surface area contributed by atoms with Crippen molar-refractivity contribution >= 4 is 16.9 Å².